The molecule has 0 saturated heterocycles. The molecule has 0 saturated carbocycles. The number of hydrogen-bond acceptors (Lipinski definition) is 2. The average Bonchev–Trinajstić information content (AvgIpc) is 2.67. The molecular weight excluding hydrogens is 223 g/mol. The number of thiophene rings is 1. The Labute approximate surface area is 98.9 Å². The van der Waals surface area contributed by atoms with Gasteiger partial charge >= 0.3 is 0 Å². The van der Waals surface area contributed by atoms with Gasteiger partial charge in [0.05, 0.1) is 11.3 Å². The molecule has 0 spiro atoms. The molecule has 0 bridgehead atoms. The molecular formula is C13H15FOS. The SMILES string of the molecule is CCCc1cc2ccc(OCC)c(F)c2s1. The Morgan fingerprint density at radius 1 is 1.31 bits per heavy atom. The van der Waals surface area contributed by atoms with Gasteiger partial charge in [0.15, 0.2) is 11.6 Å². The van der Waals surface area contributed by atoms with Gasteiger partial charge in [-0.2, -0.15) is 0 Å². The highest BCUT2D eigenvalue weighted by molar-refractivity contribution is 7.19. The van der Waals surface area contributed by atoms with E-state index in [1.165, 1.54) is 16.2 Å². The molecule has 1 aromatic carbocycles. The smallest absolute Gasteiger partial charge is 0.182 e. The van der Waals surface area contributed by atoms with E-state index in [-0.39, 0.29) is 5.82 Å². The number of rotatable bonds is 4. The molecule has 0 aliphatic rings. The maximum absolute atomic E-state index is 14.0. The average molecular weight is 238 g/mol. The van der Waals surface area contributed by atoms with Gasteiger partial charge in [0.25, 0.3) is 0 Å². The van der Waals surface area contributed by atoms with Crippen LogP contribution in [0.25, 0.3) is 10.1 Å². The Morgan fingerprint density at radius 2 is 2.12 bits per heavy atom. The minimum Gasteiger partial charge on any atom is -0.491 e. The molecule has 3 heteroatoms. The topological polar surface area (TPSA) is 9.23 Å². The van der Waals surface area contributed by atoms with Crippen LogP contribution in [0.2, 0.25) is 0 Å². The zero-order valence-electron chi connectivity index (χ0n) is 9.55. The molecule has 0 radical (unpaired) electrons. The first-order chi connectivity index (χ1) is 7.76. The van der Waals surface area contributed by atoms with Gasteiger partial charge in [-0.15, -0.1) is 11.3 Å². The minimum absolute atomic E-state index is 0.216. The van der Waals surface area contributed by atoms with Gasteiger partial charge in [-0.05, 0) is 36.9 Å². The zero-order valence-corrected chi connectivity index (χ0v) is 10.4. The molecule has 1 nitrogen and oxygen atoms in total. The first kappa shape index (κ1) is 11.4. The van der Waals surface area contributed by atoms with Gasteiger partial charge in [-0.25, -0.2) is 4.39 Å². The fourth-order valence-corrected chi connectivity index (χ4v) is 2.93. The van der Waals surface area contributed by atoms with Crippen molar-refractivity contribution in [2.45, 2.75) is 26.7 Å². The molecule has 2 rings (SSSR count). The summed E-state index contributed by atoms with van der Waals surface area (Å²) in [6, 6.07) is 5.71. The van der Waals surface area contributed by atoms with Crippen molar-refractivity contribution in [2.75, 3.05) is 6.61 Å². The molecule has 0 aliphatic carbocycles. The molecule has 16 heavy (non-hydrogen) atoms. The van der Waals surface area contributed by atoms with Gasteiger partial charge in [0, 0.05) is 4.88 Å². The second kappa shape index (κ2) is 4.83. The maximum Gasteiger partial charge on any atom is 0.182 e. The lowest BCUT2D eigenvalue weighted by Crippen LogP contribution is -1.93. The minimum atomic E-state index is -0.216. The zero-order chi connectivity index (χ0) is 11.5. The molecule has 2 aromatic rings. The van der Waals surface area contributed by atoms with E-state index in [4.69, 9.17) is 4.74 Å². The Morgan fingerprint density at radius 3 is 2.81 bits per heavy atom. The summed E-state index contributed by atoms with van der Waals surface area (Å²) in [5.41, 5.74) is 0. The van der Waals surface area contributed by atoms with Crippen LogP contribution in [0.4, 0.5) is 4.39 Å². The summed E-state index contributed by atoms with van der Waals surface area (Å²) < 4.78 is 20.0. The maximum atomic E-state index is 14.0. The highest BCUT2D eigenvalue weighted by Crippen LogP contribution is 2.33. The summed E-state index contributed by atoms with van der Waals surface area (Å²) in [7, 11) is 0. The summed E-state index contributed by atoms with van der Waals surface area (Å²) in [4.78, 5) is 1.24. The van der Waals surface area contributed by atoms with Crippen LogP contribution in [0.15, 0.2) is 18.2 Å². The van der Waals surface area contributed by atoms with Gasteiger partial charge < -0.3 is 4.74 Å². The van der Waals surface area contributed by atoms with Crippen molar-refractivity contribution in [1.29, 1.82) is 0 Å². The quantitative estimate of drug-likeness (QED) is 0.767. The first-order valence-electron chi connectivity index (χ1n) is 5.60. The monoisotopic (exact) mass is 238 g/mol. The largest absolute Gasteiger partial charge is 0.491 e. The standard InChI is InChI=1S/C13H15FOS/c1-3-5-10-8-9-6-7-11(15-4-2)12(14)13(9)16-10/h6-8H,3-5H2,1-2H3. The third-order valence-corrected chi connectivity index (χ3v) is 3.64. The van der Waals surface area contributed by atoms with Crippen molar-refractivity contribution in [2.24, 2.45) is 0 Å². The highest BCUT2D eigenvalue weighted by Gasteiger charge is 2.11. The fraction of sp³-hybridized carbons (Fsp3) is 0.385. The Bertz CT molecular complexity index is 490. The Kier molecular flexibility index (Phi) is 3.44. The predicted molar refractivity (Wildman–Crippen MR) is 66.9 cm³/mol. The predicted octanol–water partition coefficient (Wildman–Crippen LogP) is 4.39. The van der Waals surface area contributed by atoms with Crippen molar-refractivity contribution in [1.82, 2.24) is 0 Å². The lowest BCUT2D eigenvalue weighted by molar-refractivity contribution is 0.323. The van der Waals surface area contributed by atoms with E-state index in [1.54, 1.807) is 6.07 Å². The highest BCUT2D eigenvalue weighted by atomic mass is 32.1. The van der Waals surface area contributed by atoms with Crippen LogP contribution in [-0.4, -0.2) is 6.61 Å². The number of fused-ring (bicyclic) bond motifs is 1. The van der Waals surface area contributed by atoms with E-state index in [0.717, 1.165) is 22.9 Å². The van der Waals surface area contributed by atoms with Crippen LogP contribution in [-0.2, 0) is 6.42 Å². The number of aryl methyl sites for hydroxylation is 1. The molecule has 1 aromatic heterocycles. The lowest BCUT2D eigenvalue weighted by atomic mass is 10.2. The number of benzene rings is 1. The second-order valence-corrected chi connectivity index (χ2v) is 4.83. The summed E-state index contributed by atoms with van der Waals surface area (Å²) in [5.74, 6) is 0.145. The molecule has 0 N–H and O–H groups in total. The summed E-state index contributed by atoms with van der Waals surface area (Å²) >= 11 is 1.53. The Balaban J connectivity index is 2.47. The normalized spacial score (nSPS) is 10.9. The summed E-state index contributed by atoms with van der Waals surface area (Å²) in [6.45, 7) is 4.49. The van der Waals surface area contributed by atoms with Crippen LogP contribution in [0, 0.1) is 5.82 Å². The van der Waals surface area contributed by atoms with E-state index >= 15 is 0 Å². The van der Waals surface area contributed by atoms with Gasteiger partial charge in [-0.1, -0.05) is 13.3 Å². The molecule has 0 atom stereocenters. The van der Waals surface area contributed by atoms with Crippen molar-refractivity contribution >= 4 is 21.4 Å². The van der Waals surface area contributed by atoms with Crippen molar-refractivity contribution in [3.63, 3.8) is 0 Å². The Hall–Kier alpha value is -1.09. The van der Waals surface area contributed by atoms with Crippen molar-refractivity contribution in [3.05, 3.63) is 28.9 Å². The molecule has 0 aliphatic heterocycles. The van der Waals surface area contributed by atoms with Crippen LogP contribution in [0.3, 0.4) is 0 Å². The number of hydrogen-bond donors (Lipinski definition) is 0. The number of halogens is 1. The molecule has 0 unspecified atom stereocenters. The van der Waals surface area contributed by atoms with E-state index in [0.29, 0.717) is 12.4 Å². The van der Waals surface area contributed by atoms with Crippen LogP contribution in [0.1, 0.15) is 25.1 Å². The molecule has 1 heterocycles. The summed E-state index contributed by atoms with van der Waals surface area (Å²) in [5, 5.41) is 0.981. The lowest BCUT2D eigenvalue weighted by Gasteiger charge is -2.03. The molecule has 0 amide bonds. The van der Waals surface area contributed by atoms with E-state index in [1.807, 2.05) is 13.0 Å². The van der Waals surface area contributed by atoms with Crippen LogP contribution < -0.4 is 4.74 Å². The van der Waals surface area contributed by atoms with Crippen molar-refractivity contribution in [3.8, 4) is 5.75 Å². The van der Waals surface area contributed by atoms with Crippen molar-refractivity contribution < 1.29 is 9.13 Å². The second-order valence-electron chi connectivity index (χ2n) is 3.69. The van der Waals surface area contributed by atoms with E-state index in [9.17, 15) is 4.39 Å². The molecule has 0 fully saturated rings. The van der Waals surface area contributed by atoms with Gasteiger partial charge in [0.1, 0.15) is 0 Å². The first-order valence-corrected chi connectivity index (χ1v) is 6.41. The van der Waals surface area contributed by atoms with Crippen LogP contribution in [0.5, 0.6) is 5.75 Å². The number of ether oxygens (including phenoxy) is 1. The van der Waals surface area contributed by atoms with E-state index < -0.39 is 0 Å². The van der Waals surface area contributed by atoms with E-state index in [2.05, 4.69) is 13.0 Å². The van der Waals surface area contributed by atoms with Gasteiger partial charge in [-0.3, -0.25) is 0 Å². The molecule has 86 valence electrons. The third-order valence-electron chi connectivity index (χ3n) is 2.44. The summed E-state index contributed by atoms with van der Waals surface area (Å²) in [6.07, 6.45) is 2.11. The fourth-order valence-electron chi connectivity index (χ4n) is 1.74. The van der Waals surface area contributed by atoms with Crippen LogP contribution >= 0.6 is 11.3 Å². The van der Waals surface area contributed by atoms with Gasteiger partial charge in [0.2, 0.25) is 0 Å². The third kappa shape index (κ3) is 2.05.